The lowest BCUT2D eigenvalue weighted by Gasteiger charge is -2.09. The lowest BCUT2D eigenvalue weighted by atomic mass is 10.3. The van der Waals surface area contributed by atoms with E-state index < -0.39 is 15.8 Å². The summed E-state index contributed by atoms with van der Waals surface area (Å²) in [5, 5.41) is 3.84. The van der Waals surface area contributed by atoms with E-state index in [1.165, 1.54) is 23.9 Å². The van der Waals surface area contributed by atoms with Gasteiger partial charge in [0, 0.05) is 13.1 Å². The van der Waals surface area contributed by atoms with Gasteiger partial charge in [0.1, 0.15) is 0 Å². The minimum Gasteiger partial charge on any atom is -0.494 e. The van der Waals surface area contributed by atoms with Gasteiger partial charge in [-0.2, -0.15) is 5.10 Å². The zero-order valence-electron chi connectivity index (χ0n) is 11.7. The largest absolute Gasteiger partial charge is 0.494 e. The molecular weight excluding hydrogens is 299 g/mol. The summed E-state index contributed by atoms with van der Waals surface area (Å²) in [5.74, 6) is -0.764. The molecule has 0 spiro atoms. The van der Waals surface area contributed by atoms with Gasteiger partial charge in [0.2, 0.25) is 0 Å². The summed E-state index contributed by atoms with van der Waals surface area (Å²) in [6.07, 6.45) is 0. The van der Waals surface area contributed by atoms with Gasteiger partial charge in [-0.15, -0.1) is 0 Å². The molecule has 0 bridgehead atoms. The standard InChI is InChI=1S/C12H15FN4O3S/c1-7-11(12(14)15-17(7)2)21(18,19)16-8-4-5-10(20-3)9(13)6-8/h4-6,16H,1-3H3,(H2,14,15). The van der Waals surface area contributed by atoms with Crippen LogP contribution in [0.5, 0.6) is 5.75 Å². The zero-order valence-corrected chi connectivity index (χ0v) is 12.5. The summed E-state index contributed by atoms with van der Waals surface area (Å²) in [6.45, 7) is 1.58. The number of rotatable bonds is 4. The summed E-state index contributed by atoms with van der Waals surface area (Å²) in [4.78, 5) is -0.124. The van der Waals surface area contributed by atoms with Crippen LogP contribution in [0.25, 0.3) is 0 Å². The van der Waals surface area contributed by atoms with Crippen LogP contribution in [0, 0.1) is 12.7 Å². The van der Waals surface area contributed by atoms with Gasteiger partial charge in [0.05, 0.1) is 18.5 Å². The number of methoxy groups -OCH3 is 1. The molecule has 2 rings (SSSR count). The van der Waals surface area contributed by atoms with Crippen LogP contribution in [0.1, 0.15) is 5.69 Å². The van der Waals surface area contributed by atoms with Crippen molar-refractivity contribution in [1.29, 1.82) is 0 Å². The summed E-state index contributed by atoms with van der Waals surface area (Å²) in [7, 11) is -1.05. The Morgan fingerprint density at radius 3 is 2.57 bits per heavy atom. The summed E-state index contributed by atoms with van der Waals surface area (Å²) < 4.78 is 46.6. The van der Waals surface area contributed by atoms with E-state index in [0.717, 1.165) is 6.07 Å². The summed E-state index contributed by atoms with van der Waals surface area (Å²) >= 11 is 0. The molecule has 0 saturated heterocycles. The molecule has 1 aromatic carbocycles. The van der Waals surface area contributed by atoms with Crippen LogP contribution in [0.2, 0.25) is 0 Å². The Morgan fingerprint density at radius 1 is 1.43 bits per heavy atom. The van der Waals surface area contributed by atoms with Crippen molar-refractivity contribution in [3.8, 4) is 5.75 Å². The predicted octanol–water partition coefficient (Wildman–Crippen LogP) is 1.26. The molecule has 0 aliphatic carbocycles. The molecule has 2 aromatic rings. The maximum atomic E-state index is 13.6. The second kappa shape index (κ2) is 5.24. The first kappa shape index (κ1) is 15.1. The van der Waals surface area contributed by atoms with Crippen molar-refractivity contribution in [2.24, 2.45) is 7.05 Å². The fraction of sp³-hybridized carbons (Fsp3) is 0.250. The van der Waals surface area contributed by atoms with Crippen LogP contribution in [0.15, 0.2) is 23.1 Å². The highest BCUT2D eigenvalue weighted by Crippen LogP contribution is 2.26. The highest BCUT2D eigenvalue weighted by atomic mass is 32.2. The monoisotopic (exact) mass is 314 g/mol. The molecule has 0 saturated carbocycles. The minimum absolute atomic E-state index is 0.0232. The molecule has 0 radical (unpaired) electrons. The van der Waals surface area contributed by atoms with E-state index in [4.69, 9.17) is 10.5 Å². The number of nitrogens with one attached hydrogen (secondary N) is 1. The SMILES string of the molecule is COc1ccc(NS(=O)(=O)c2c(N)nn(C)c2C)cc1F. The molecule has 114 valence electrons. The Balaban J connectivity index is 2.40. The van der Waals surface area contributed by atoms with Gasteiger partial charge in [-0.1, -0.05) is 0 Å². The first-order valence-corrected chi connectivity index (χ1v) is 7.40. The molecule has 7 nitrogen and oxygen atoms in total. The number of halogens is 1. The van der Waals surface area contributed by atoms with E-state index in [1.54, 1.807) is 14.0 Å². The van der Waals surface area contributed by atoms with Gasteiger partial charge in [0.15, 0.2) is 22.3 Å². The average molecular weight is 314 g/mol. The number of aryl methyl sites for hydroxylation is 1. The van der Waals surface area contributed by atoms with Crippen LogP contribution < -0.4 is 15.2 Å². The van der Waals surface area contributed by atoms with E-state index in [2.05, 4.69) is 9.82 Å². The highest BCUT2D eigenvalue weighted by molar-refractivity contribution is 7.93. The van der Waals surface area contributed by atoms with Crippen LogP contribution in [-0.4, -0.2) is 25.3 Å². The predicted molar refractivity (Wildman–Crippen MR) is 76.1 cm³/mol. The van der Waals surface area contributed by atoms with E-state index in [0.29, 0.717) is 5.69 Å². The summed E-state index contributed by atoms with van der Waals surface area (Å²) in [5.41, 5.74) is 6.06. The Bertz CT molecular complexity index is 786. The zero-order chi connectivity index (χ0) is 15.8. The third kappa shape index (κ3) is 2.77. The fourth-order valence-electron chi connectivity index (χ4n) is 1.88. The van der Waals surface area contributed by atoms with Crippen molar-refractivity contribution >= 4 is 21.5 Å². The number of sulfonamides is 1. The van der Waals surface area contributed by atoms with Gasteiger partial charge < -0.3 is 10.5 Å². The maximum Gasteiger partial charge on any atom is 0.267 e. The van der Waals surface area contributed by atoms with E-state index in [9.17, 15) is 12.8 Å². The molecule has 9 heteroatoms. The quantitative estimate of drug-likeness (QED) is 0.885. The first-order valence-electron chi connectivity index (χ1n) is 5.91. The van der Waals surface area contributed by atoms with Gasteiger partial charge >= 0.3 is 0 Å². The number of benzene rings is 1. The normalized spacial score (nSPS) is 11.4. The maximum absolute atomic E-state index is 13.6. The second-order valence-electron chi connectivity index (χ2n) is 4.38. The van der Waals surface area contributed by atoms with Crippen molar-refractivity contribution in [3.05, 3.63) is 29.7 Å². The third-order valence-corrected chi connectivity index (χ3v) is 4.52. The first-order chi connectivity index (χ1) is 9.76. The number of nitrogens with zero attached hydrogens (tertiary/aromatic N) is 2. The number of aromatic nitrogens is 2. The molecule has 1 heterocycles. The Morgan fingerprint density at radius 2 is 2.10 bits per heavy atom. The molecule has 0 atom stereocenters. The van der Waals surface area contributed by atoms with Crippen LogP contribution in [-0.2, 0) is 17.1 Å². The molecular formula is C12H15FN4O3S. The number of anilines is 2. The number of nitrogen functional groups attached to an aromatic ring is 1. The van der Waals surface area contributed by atoms with Crippen LogP contribution in [0.3, 0.4) is 0 Å². The molecule has 21 heavy (non-hydrogen) atoms. The topological polar surface area (TPSA) is 99.2 Å². The smallest absolute Gasteiger partial charge is 0.267 e. The Labute approximate surface area is 121 Å². The van der Waals surface area contributed by atoms with Crippen molar-refractivity contribution in [1.82, 2.24) is 9.78 Å². The van der Waals surface area contributed by atoms with Crippen molar-refractivity contribution in [2.75, 3.05) is 17.6 Å². The molecule has 1 aromatic heterocycles. The molecule has 0 amide bonds. The van der Waals surface area contributed by atoms with Crippen molar-refractivity contribution in [3.63, 3.8) is 0 Å². The highest BCUT2D eigenvalue weighted by Gasteiger charge is 2.25. The summed E-state index contributed by atoms with van der Waals surface area (Å²) in [6, 6.07) is 3.74. The van der Waals surface area contributed by atoms with Crippen molar-refractivity contribution in [2.45, 2.75) is 11.8 Å². The number of hydrogen-bond acceptors (Lipinski definition) is 5. The Kier molecular flexibility index (Phi) is 3.77. The lowest BCUT2D eigenvalue weighted by Crippen LogP contribution is -2.15. The van der Waals surface area contributed by atoms with Gasteiger partial charge in [0.25, 0.3) is 10.0 Å². The Hall–Kier alpha value is -2.29. The molecule has 0 aliphatic heterocycles. The van der Waals surface area contributed by atoms with Gasteiger partial charge in [-0.3, -0.25) is 9.40 Å². The molecule has 3 N–H and O–H groups in total. The van der Waals surface area contributed by atoms with Gasteiger partial charge in [-0.25, -0.2) is 12.8 Å². The number of nitrogens with two attached hydrogens (primary N) is 1. The molecule has 0 fully saturated rings. The van der Waals surface area contributed by atoms with Crippen LogP contribution >= 0.6 is 0 Å². The van der Waals surface area contributed by atoms with Crippen LogP contribution in [0.4, 0.5) is 15.9 Å². The van der Waals surface area contributed by atoms with Gasteiger partial charge in [-0.05, 0) is 19.1 Å². The lowest BCUT2D eigenvalue weighted by molar-refractivity contribution is 0.386. The number of hydrogen-bond donors (Lipinski definition) is 2. The third-order valence-electron chi connectivity index (χ3n) is 2.98. The second-order valence-corrected chi connectivity index (χ2v) is 6.00. The molecule has 0 unspecified atom stereocenters. The minimum atomic E-state index is -3.96. The van der Waals surface area contributed by atoms with E-state index in [-0.39, 0.29) is 22.2 Å². The molecule has 0 aliphatic rings. The van der Waals surface area contributed by atoms with E-state index >= 15 is 0 Å². The van der Waals surface area contributed by atoms with Crippen molar-refractivity contribution < 1.29 is 17.5 Å². The van der Waals surface area contributed by atoms with E-state index in [1.807, 2.05) is 0 Å². The fourth-order valence-corrected chi connectivity index (χ4v) is 3.26. The number of ether oxygens (including phenoxy) is 1. The average Bonchev–Trinajstić information content (AvgIpc) is 2.63.